The molecule has 0 aliphatic heterocycles. The molecule has 0 aliphatic rings. The summed E-state index contributed by atoms with van der Waals surface area (Å²) < 4.78 is 0. The predicted molar refractivity (Wildman–Crippen MR) is 112 cm³/mol. The first-order valence-electron chi connectivity index (χ1n) is 7.80. The number of pyridine rings is 1. The molecule has 2 aromatic rings. The van der Waals surface area contributed by atoms with Crippen LogP contribution in [0.1, 0.15) is 11.1 Å². The lowest BCUT2D eigenvalue weighted by Gasteiger charge is -2.17. The first-order valence-corrected chi connectivity index (χ1v) is 7.80. The molecule has 6 heteroatoms. The fourth-order valence-electron chi connectivity index (χ4n) is 2.34. The molecule has 2 rings (SSSR count). The van der Waals surface area contributed by atoms with Gasteiger partial charge in [-0.15, -0.1) is 24.0 Å². The van der Waals surface area contributed by atoms with Crippen molar-refractivity contribution in [3.05, 3.63) is 59.8 Å². The van der Waals surface area contributed by atoms with Crippen LogP contribution in [0.2, 0.25) is 0 Å². The Balaban J connectivity index is 0.00000288. The Bertz CT molecular complexity index is 628. The second kappa shape index (κ2) is 10.9. The topological polar surface area (TPSA) is 52.6 Å². The van der Waals surface area contributed by atoms with E-state index in [1.54, 1.807) is 7.05 Å². The lowest BCUT2D eigenvalue weighted by atomic mass is 10.1. The van der Waals surface area contributed by atoms with Gasteiger partial charge in [-0.25, -0.2) is 4.98 Å². The predicted octanol–water partition coefficient (Wildman–Crippen LogP) is 2.67. The molecule has 0 bridgehead atoms. The SMILES string of the molecule is CN=C(NCCc1ccccc1)NCc1cccnc1N(C)C.I. The summed E-state index contributed by atoms with van der Waals surface area (Å²) in [4.78, 5) is 10.7. The van der Waals surface area contributed by atoms with Crippen LogP contribution in [-0.4, -0.2) is 38.6 Å². The fourth-order valence-corrected chi connectivity index (χ4v) is 2.34. The third-order valence-corrected chi connectivity index (χ3v) is 3.51. The fraction of sp³-hybridized carbons (Fsp3) is 0.333. The van der Waals surface area contributed by atoms with E-state index in [1.807, 2.05) is 37.3 Å². The minimum atomic E-state index is 0. The molecular weight excluding hydrogens is 413 g/mol. The Hall–Kier alpha value is -1.83. The third-order valence-electron chi connectivity index (χ3n) is 3.51. The lowest BCUT2D eigenvalue weighted by molar-refractivity contribution is 0.791. The molecule has 0 unspecified atom stereocenters. The van der Waals surface area contributed by atoms with Crippen LogP contribution in [0.25, 0.3) is 0 Å². The van der Waals surface area contributed by atoms with Crippen molar-refractivity contribution in [2.24, 2.45) is 4.99 Å². The van der Waals surface area contributed by atoms with Gasteiger partial charge in [0.1, 0.15) is 5.82 Å². The van der Waals surface area contributed by atoms with Gasteiger partial charge in [-0.1, -0.05) is 36.4 Å². The molecule has 1 heterocycles. The van der Waals surface area contributed by atoms with Gasteiger partial charge in [0.2, 0.25) is 0 Å². The maximum atomic E-state index is 4.41. The molecule has 0 spiro atoms. The number of halogens is 1. The van der Waals surface area contributed by atoms with Crippen LogP contribution >= 0.6 is 24.0 Å². The summed E-state index contributed by atoms with van der Waals surface area (Å²) in [6.07, 6.45) is 2.78. The average molecular weight is 439 g/mol. The highest BCUT2D eigenvalue weighted by Crippen LogP contribution is 2.13. The van der Waals surface area contributed by atoms with Gasteiger partial charge in [0, 0.05) is 46.0 Å². The molecule has 130 valence electrons. The Kier molecular flexibility index (Phi) is 9.14. The number of benzene rings is 1. The van der Waals surface area contributed by atoms with Crippen molar-refractivity contribution in [1.82, 2.24) is 15.6 Å². The van der Waals surface area contributed by atoms with E-state index in [-0.39, 0.29) is 24.0 Å². The summed E-state index contributed by atoms with van der Waals surface area (Å²) in [6, 6.07) is 14.5. The van der Waals surface area contributed by atoms with Crippen molar-refractivity contribution in [3.8, 4) is 0 Å². The van der Waals surface area contributed by atoms with E-state index < -0.39 is 0 Å². The average Bonchev–Trinajstić information content (AvgIpc) is 2.59. The first-order chi connectivity index (χ1) is 11.2. The summed E-state index contributed by atoms with van der Waals surface area (Å²) in [5, 5.41) is 6.68. The van der Waals surface area contributed by atoms with Crippen molar-refractivity contribution >= 4 is 35.8 Å². The minimum Gasteiger partial charge on any atom is -0.362 e. The molecule has 24 heavy (non-hydrogen) atoms. The molecule has 0 saturated heterocycles. The molecule has 1 aromatic heterocycles. The van der Waals surface area contributed by atoms with Crippen LogP contribution in [0, 0.1) is 0 Å². The third kappa shape index (κ3) is 6.35. The summed E-state index contributed by atoms with van der Waals surface area (Å²) in [5.41, 5.74) is 2.46. The number of hydrogen-bond donors (Lipinski definition) is 2. The Morgan fingerprint density at radius 3 is 2.50 bits per heavy atom. The van der Waals surface area contributed by atoms with Crippen LogP contribution in [0.3, 0.4) is 0 Å². The summed E-state index contributed by atoms with van der Waals surface area (Å²) in [7, 11) is 5.78. The van der Waals surface area contributed by atoms with E-state index in [0.29, 0.717) is 6.54 Å². The number of nitrogens with one attached hydrogen (secondary N) is 2. The zero-order chi connectivity index (χ0) is 16.5. The number of guanidine groups is 1. The van der Waals surface area contributed by atoms with Crippen LogP contribution in [0.4, 0.5) is 5.82 Å². The largest absolute Gasteiger partial charge is 0.362 e. The molecule has 0 amide bonds. The van der Waals surface area contributed by atoms with Gasteiger partial charge >= 0.3 is 0 Å². The quantitative estimate of drug-likeness (QED) is 0.413. The molecule has 0 aliphatic carbocycles. The van der Waals surface area contributed by atoms with Gasteiger partial charge in [0.05, 0.1) is 0 Å². The minimum absolute atomic E-state index is 0. The van der Waals surface area contributed by atoms with Gasteiger partial charge in [0.15, 0.2) is 5.96 Å². The number of hydrogen-bond acceptors (Lipinski definition) is 3. The molecule has 5 nitrogen and oxygen atoms in total. The number of aromatic nitrogens is 1. The Morgan fingerprint density at radius 1 is 1.08 bits per heavy atom. The second-order valence-electron chi connectivity index (χ2n) is 5.47. The number of nitrogens with zero attached hydrogens (tertiary/aromatic N) is 3. The van der Waals surface area contributed by atoms with E-state index in [4.69, 9.17) is 0 Å². The van der Waals surface area contributed by atoms with Crippen LogP contribution in [0.15, 0.2) is 53.7 Å². The second-order valence-corrected chi connectivity index (χ2v) is 5.47. The van der Waals surface area contributed by atoms with Gasteiger partial charge < -0.3 is 15.5 Å². The molecule has 0 radical (unpaired) electrons. The van der Waals surface area contributed by atoms with Gasteiger partial charge in [-0.3, -0.25) is 4.99 Å². The van der Waals surface area contributed by atoms with Crippen LogP contribution in [-0.2, 0) is 13.0 Å². The summed E-state index contributed by atoms with van der Waals surface area (Å²) in [6.45, 7) is 1.53. The van der Waals surface area contributed by atoms with Crippen molar-refractivity contribution in [3.63, 3.8) is 0 Å². The van der Waals surface area contributed by atoms with Crippen molar-refractivity contribution in [1.29, 1.82) is 0 Å². The molecular formula is C18H26IN5. The highest BCUT2D eigenvalue weighted by Gasteiger charge is 2.06. The number of anilines is 1. The maximum Gasteiger partial charge on any atom is 0.191 e. The molecule has 1 aromatic carbocycles. The van der Waals surface area contributed by atoms with E-state index in [1.165, 1.54) is 5.56 Å². The smallest absolute Gasteiger partial charge is 0.191 e. The highest BCUT2D eigenvalue weighted by atomic mass is 127. The maximum absolute atomic E-state index is 4.41. The van der Waals surface area contributed by atoms with Crippen LogP contribution in [0.5, 0.6) is 0 Å². The Labute approximate surface area is 161 Å². The molecule has 0 atom stereocenters. The normalized spacial score (nSPS) is 10.7. The van der Waals surface area contributed by atoms with Gasteiger partial charge in [0.25, 0.3) is 0 Å². The summed E-state index contributed by atoms with van der Waals surface area (Å²) >= 11 is 0. The lowest BCUT2D eigenvalue weighted by Crippen LogP contribution is -2.38. The Morgan fingerprint density at radius 2 is 1.83 bits per heavy atom. The molecule has 0 fully saturated rings. The number of aliphatic imine (C=N–C) groups is 1. The molecule has 2 N–H and O–H groups in total. The van der Waals surface area contributed by atoms with E-state index >= 15 is 0 Å². The van der Waals surface area contributed by atoms with E-state index in [0.717, 1.165) is 30.3 Å². The standard InChI is InChI=1S/C18H25N5.HI/c1-19-18(21-13-11-15-8-5-4-6-9-15)22-14-16-10-7-12-20-17(16)23(2)3;/h4-10,12H,11,13-14H2,1-3H3,(H2,19,21,22);1H. The van der Waals surface area contributed by atoms with Crippen molar-refractivity contribution in [2.45, 2.75) is 13.0 Å². The zero-order valence-electron chi connectivity index (χ0n) is 14.5. The van der Waals surface area contributed by atoms with Crippen molar-refractivity contribution in [2.75, 3.05) is 32.6 Å². The van der Waals surface area contributed by atoms with Gasteiger partial charge in [-0.05, 0) is 18.1 Å². The first kappa shape index (κ1) is 20.2. The van der Waals surface area contributed by atoms with Crippen molar-refractivity contribution < 1.29 is 0 Å². The summed E-state index contributed by atoms with van der Waals surface area (Å²) in [5.74, 6) is 1.77. The van der Waals surface area contributed by atoms with Crippen LogP contribution < -0.4 is 15.5 Å². The van der Waals surface area contributed by atoms with E-state index in [2.05, 4.69) is 50.9 Å². The zero-order valence-corrected chi connectivity index (χ0v) is 16.8. The van der Waals surface area contributed by atoms with E-state index in [9.17, 15) is 0 Å². The van der Waals surface area contributed by atoms with Gasteiger partial charge in [-0.2, -0.15) is 0 Å². The highest BCUT2D eigenvalue weighted by molar-refractivity contribution is 14.0. The monoisotopic (exact) mass is 439 g/mol. The number of rotatable bonds is 6. The molecule has 0 saturated carbocycles.